The molecule has 0 aliphatic carbocycles. The number of thioether (sulfide) groups is 2. The van der Waals surface area contributed by atoms with E-state index in [0.717, 1.165) is 29.9 Å². The van der Waals surface area contributed by atoms with Gasteiger partial charge in [0.25, 0.3) is 0 Å². The van der Waals surface area contributed by atoms with E-state index in [-0.39, 0.29) is 10.2 Å². The molecule has 3 rings (SSSR count). The van der Waals surface area contributed by atoms with Crippen LogP contribution in [0, 0.1) is 0 Å². The van der Waals surface area contributed by atoms with Crippen molar-refractivity contribution in [2.75, 3.05) is 11.5 Å². The minimum absolute atomic E-state index is 0.0202. The van der Waals surface area contributed by atoms with Gasteiger partial charge in [0.1, 0.15) is 0 Å². The molecule has 1 fully saturated rings. The van der Waals surface area contributed by atoms with E-state index < -0.39 is 14.4 Å². The van der Waals surface area contributed by atoms with E-state index in [0.29, 0.717) is 0 Å². The van der Waals surface area contributed by atoms with E-state index in [1.165, 1.54) is 12.0 Å². The van der Waals surface area contributed by atoms with Gasteiger partial charge in [-0.1, -0.05) is 60.7 Å². The van der Waals surface area contributed by atoms with Crippen molar-refractivity contribution in [1.29, 1.82) is 0 Å². The quantitative estimate of drug-likeness (QED) is 0.472. The van der Waals surface area contributed by atoms with Gasteiger partial charge in [0, 0.05) is 12.8 Å². The topological polar surface area (TPSA) is 29.5 Å². The Balaban J connectivity index is 1.84. The average molecular weight is 433 g/mol. The Morgan fingerprint density at radius 3 is 1.96 bits per heavy atom. The first-order valence-corrected chi connectivity index (χ1v) is 15.5. The van der Waals surface area contributed by atoms with Crippen molar-refractivity contribution >= 4 is 31.8 Å². The molecule has 5 heteroatoms. The van der Waals surface area contributed by atoms with Crippen molar-refractivity contribution in [1.82, 2.24) is 0 Å². The highest BCUT2D eigenvalue weighted by molar-refractivity contribution is 8.18. The van der Waals surface area contributed by atoms with E-state index in [2.05, 4.69) is 50.0 Å². The Kier molecular flexibility index (Phi) is 7.73. The van der Waals surface area contributed by atoms with Crippen molar-refractivity contribution in [2.24, 2.45) is 0 Å². The van der Waals surface area contributed by atoms with Crippen LogP contribution in [0.3, 0.4) is 0 Å². The predicted octanol–water partition coefficient (Wildman–Crippen LogP) is 6.66. The Hall–Kier alpha value is -0.723. The minimum atomic E-state index is -1.71. The van der Waals surface area contributed by atoms with Crippen molar-refractivity contribution in [3.8, 4) is 0 Å². The van der Waals surface area contributed by atoms with Crippen LogP contribution < -0.4 is 0 Å². The van der Waals surface area contributed by atoms with Gasteiger partial charge in [0.15, 0.2) is 8.32 Å². The highest BCUT2D eigenvalue weighted by atomic mass is 32.2. The minimum Gasteiger partial charge on any atom is -0.411 e. The average Bonchev–Trinajstić information content (AvgIpc) is 2.68. The number of rotatable bonds is 8. The van der Waals surface area contributed by atoms with Crippen molar-refractivity contribution in [3.05, 3.63) is 71.8 Å². The summed E-state index contributed by atoms with van der Waals surface area (Å²) >= 11 is 4.04. The largest absolute Gasteiger partial charge is 0.411 e. The third-order valence-electron chi connectivity index (χ3n) is 4.87. The van der Waals surface area contributed by atoms with Gasteiger partial charge in [-0.15, -0.1) is 23.5 Å². The molecule has 2 aromatic rings. The summed E-state index contributed by atoms with van der Waals surface area (Å²) in [5.41, 5.74) is 2.27. The normalized spacial score (nSPS) is 19.1. The second-order valence-electron chi connectivity index (χ2n) is 8.43. The summed E-state index contributed by atoms with van der Waals surface area (Å²) in [6, 6.07) is 20.7. The van der Waals surface area contributed by atoms with Gasteiger partial charge in [-0.05, 0) is 48.7 Å². The van der Waals surface area contributed by atoms with E-state index in [1.54, 1.807) is 0 Å². The lowest BCUT2D eigenvalue weighted by Gasteiger charge is -2.41. The van der Waals surface area contributed by atoms with Crippen LogP contribution in [-0.4, -0.2) is 29.0 Å². The third kappa shape index (κ3) is 6.39. The fraction of sp³-hybridized carbons (Fsp3) is 0.478. The summed E-state index contributed by atoms with van der Waals surface area (Å²) in [5, 5.41) is 11.0. The molecule has 1 aliphatic rings. The summed E-state index contributed by atoms with van der Waals surface area (Å²) in [4.78, 5) is 0. The van der Waals surface area contributed by atoms with Gasteiger partial charge in [0.2, 0.25) is 0 Å². The number of aliphatic hydroxyl groups excluding tert-OH is 1. The van der Waals surface area contributed by atoms with Crippen LogP contribution in [0.4, 0.5) is 0 Å². The lowest BCUT2D eigenvalue weighted by molar-refractivity contribution is 0.141. The maximum atomic E-state index is 11.0. The van der Waals surface area contributed by atoms with Gasteiger partial charge < -0.3 is 9.53 Å². The highest BCUT2D eigenvalue weighted by Gasteiger charge is 2.40. The molecular weight excluding hydrogens is 400 g/mol. The van der Waals surface area contributed by atoms with Gasteiger partial charge in [-0.2, -0.15) is 0 Å². The maximum Gasteiger partial charge on any atom is 0.184 e. The van der Waals surface area contributed by atoms with E-state index in [1.807, 2.05) is 53.9 Å². The van der Waals surface area contributed by atoms with Gasteiger partial charge in [-0.25, -0.2) is 0 Å². The molecule has 0 aromatic heterocycles. The second kappa shape index (κ2) is 9.85. The molecule has 0 saturated carbocycles. The molecule has 1 saturated heterocycles. The number of benzene rings is 2. The molecule has 0 radical (unpaired) electrons. The SMILES string of the molecule is C[Si](C)(C)O[C@@H](CC1(C[C@H](O)c2ccccc2)SCCCS1)c1ccccc1. The zero-order valence-corrected chi connectivity index (χ0v) is 19.8. The number of hydrogen-bond acceptors (Lipinski definition) is 4. The Bertz CT molecular complexity index is 712. The van der Waals surface area contributed by atoms with Crippen LogP contribution in [0.15, 0.2) is 60.7 Å². The monoisotopic (exact) mass is 432 g/mol. The number of hydrogen-bond donors (Lipinski definition) is 1. The van der Waals surface area contributed by atoms with Crippen LogP contribution in [0.1, 0.15) is 42.6 Å². The molecule has 152 valence electrons. The summed E-state index contributed by atoms with van der Waals surface area (Å²) in [6.45, 7) is 6.78. The molecule has 0 spiro atoms. The molecule has 2 aromatic carbocycles. The summed E-state index contributed by atoms with van der Waals surface area (Å²) in [6.07, 6.45) is 2.56. The van der Waals surface area contributed by atoms with Crippen molar-refractivity contribution < 1.29 is 9.53 Å². The first-order chi connectivity index (χ1) is 13.4. The van der Waals surface area contributed by atoms with Crippen LogP contribution >= 0.6 is 23.5 Å². The van der Waals surface area contributed by atoms with Gasteiger partial charge >= 0.3 is 0 Å². The summed E-state index contributed by atoms with van der Waals surface area (Å²) in [7, 11) is -1.71. The Morgan fingerprint density at radius 2 is 1.43 bits per heavy atom. The third-order valence-corrected chi connectivity index (χ3v) is 9.27. The van der Waals surface area contributed by atoms with Crippen molar-refractivity contribution in [3.63, 3.8) is 0 Å². The van der Waals surface area contributed by atoms with E-state index in [9.17, 15) is 5.11 Å². The Morgan fingerprint density at radius 1 is 0.893 bits per heavy atom. The number of aliphatic hydroxyl groups is 1. The van der Waals surface area contributed by atoms with Gasteiger partial charge in [-0.3, -0.25) is 0 Å². The first kappa shape index (κ1) is 22.0. The van der Waals surface area contributed by atoms with E-state index >= 15 is 0 Å². The maximum absolute atomic E-state index is 11.0. The predicted molar refractivity (Wildman–Crippen MR) is 127 cm³/mol. The first-order valence-electron chi connectivity index (χ1n) is 10.1. The highest BCUT2D eigenvalue weighted by Crippen LogP contribution is 2.53. The lowest BCUT2D eigenvalue weighted by Crippen LogP contribution is -2.34. The zero-order chi connectivity index (χ0) is 20.0. The molecule has 0 amide bonds. The Labute approximate surface area is 179 Å². The van der Waals surface area contributed by atoms with Crippen LogP contribution in [0.2, 0.25) is 19.6 Å². The van der Waals surface area contributed by atoms with E-state index in [4.69, 9.17) is 4.43 Å². The molecule has 1 heterocycles. The van der Waals surface area contributed by atoms with Crippen molar-refractivity contribution in [2.45, 2.75) is 55.2 Å². The standard InChI is InChI=1S/C23H32O2S2Si/c1-28(2,3)25-22(20-13-8-5-9-14-20)18-23(26-15-10-16-27-23)17-21(24)19-11-6-4-7-12-19/h4-9,11-14,21-22,24H,10,15-18H2,1-3H3/t21-,22-/m0/s1. The molecule has 1 N–H and O–H groups in total. The molecular formula is C23H32O2S2Si. The molecule has 2 nitrogen and oxygen atoms in total. The zero-order valence-electron chi connectivity index (χ0n) is 17.1. The van der Waals surface area contributed by atoms with Crippen LogP contribution in [0.5, 0.6) is 0 Å². The van der Waals surface area contributed by atoms with Gasteiger partial charge in [0.05, 0.1) is 16.3 Å². The van der Waals surface area contributed by atoms with Crippen LogP contribution in [-0.2, 0) is 4.43 Å². The fourth-order valence-corrected chi connectivity index (χ4v) is 8.13. The molecule has 28 heavy (non-hydrogen) atoms. The lowest BCUT2D eigenvalue weighted by atomic mass is 9.98. The second-order valence-corrected chi connectivity index (χ2v) is 16.1. The van der Waals surface area contributed by atoms with Crippen LogP contribution in [0.25, 0.3) is 0 Å². The fourth-order valence-electron chi connectivity index (χ4n) is 3.63. The molecule has 2 atom stereocenters. The summed E-state index contributed by atoms with van der Waals surface area (Å²) < 4.78 is 6.65. The summed E-state index contributed by atoms with van der Waals surface area (Å²) in [5.74, 6) is 2.31. The molecule has 0 bridgehead atoms. The smallest absolute Gasteiger partial charge is 0.184 e. The molecule has 1 aliphatic heterocycles. The molecule has 0 unspecified atom stereocenters.